The van der Waals surface area contributed by atoms with Gasteiger partial charge in [-0.1, -0.05) is 6.58 Å². The van der Waals surface area contributed by atoms with Gasteiger partial charge in [0.1, 0.15) is 5.70 Å². The van der Waals surface area contributed by atoms with Crippen molar-refractivity contribution >= 4 is 5.91 Å². The fourth-order valence-electron chi connectivity index (χ4n) is 1.25. The highest BCUT2D eigenvalue weighted by Crippen LogP contribution is 2.21. The van der Waals surface area contributed by atoms with Crippen LogP contribution in [0.25, 0.3) is 0 Å². The summed E-state index contributed by atoms with van der Waals surface area (Å²) in [7, 11) is 0. The summed E-state index contributed by atoms with van der Waals surface area (Å²) in [5, 5.41) is 9.95. The van der Waals surface area contributed by atoms with E-state index in [-0.39, 0.29) is 13.1 Å². The summed E-state index contributed by atoms with van der Waals surface area (Å²) in [4.78, 5) is 10.8. The van der Waals surface area contributed by atoms with Crippen LogP contribution in [-0.2, 0) is 4.79 Å². The molecule has 5 nitrogen and oxygen atoms in total. The van der Waals surface area contributed by atoms with Crippen LogP contribution < -0.4 is 21.3 Å². The number of allylic oxidation sites excluding steroid dienone is 1. The Morgan fingerprint density at radius 1 is 0.864 bits per heavy atom. The molecular weight excluding hydrogens is 311 g/mol. The molecule has 0 radical (unpaired) electrons. The van der Waals surface area contributed by atoms with E-state index in [0.717, 1.165) is 0 Å². The van der Waals surface area contributed by atoms with E-state index in [2.05, 4.69) is 27.8 Å². The van der Waals surface area contributed by atoms with Gasteiger partial charge in [-0.3, -0.25) is 4.79 Å². The summed E-state index contributed by atoms with van der Waals surface area (Å²) in [6.45, 7) is 5.12. The van der Waals surface area contributed by atoms with Crippen LogP contribution in [0.5, 0.6) is 0 Å². The van der Waals surface area contributed by atoms with Gasteiger partial charge in [-0.05, 0) is 0 Å². The Labute approximate surface area is 125 Å². The predicted octanol–water partition coefficient (Wildman–Crippen LogP) is 0.603. The smallest absolute Gasteiger partial charge is 0.380 e. The Kier molecular flexibility index (Phi) is 8.95. The third-order valence-corrected chi connectivity index (χ3v) is 2.45. The molecule has 4 N–H and O–H groups in total. The van der Waals surface area contributed by atoms with Crippen molar-refractivity contribution in [3.05, 3.63) is 12.3 Å². The quantitative estimate of drug-likeness (QED) is 0.331. The van der Waals surface area contributed by atoms with Crippen molar-refractivity contribution in [3.8, 4) is 0 Å². The number of nitrogens with one attached hydrogen (secondary N) is 4. The first-order valence-electron chi connectivity index (χ1n) is 6.62. The van der Waals surface area contributed by atoms with E-state index >= 15 is 0 Å². The minimum Gasteiger partial charge on any atom is -0.380 e. The fraction of sp³-hybridized carbons (Fsp3) is 0.750. The Balaban J connectivity index is 3.38. The van der Waals surface area contributed by atoms with E-state index in [1.54, 1.807) is 0 Å². The lowest BCUT2D eigenvalue weighted by Crippen LogP contribution is -2.41. The van der Waals surface area contributed by atoms with E-state index in [9.17, 15) is 26.7 Å². The van der Waals surface area contributed by atoms with Crippen molar-refractivity contribution in [3.63, 3.8) is 0 Å². The van der Waals surface area contributed by atoms with Gasteiger partial charge in [0.25, 0.3) is 5.91 Å². The van der Waals surface area contributed by atoms with Gasteiger partial charge >= 0.3 is 12.1 Å². The number of hydrogen-bond acceptors (Lipinski definition) is 4. The topological polar surface area (TPSA) is 65.2 Å². The summed E-state index contributed by atoms with van der Waals surface area (Å²) < 4.78 is 61.1. The van der Waals surface area contributed by atoms with Gasteiger partial charge in [-0.2, -0.15) is 22.0 Å². The zero-order valence-corrected chi connectivity index (χ0v) is 12.2. The van der Waals surface area contributed by atoms with Crippen LogP contribution >= 0.6 is 0 Å². The lowest BCUT2D eigenvalue weighted by atomic mass is 10.3. The number of carbonyl (C=O) groups is 1. The highest BCUT2D eigenvalue weighted by molar-refractivity contribution is 5.82. The summed E-state index contributed by atoms with van der Waals surface area (Å²) >= 11 is 0. The third kappa shape index (κ3) is 10.3. The molecule has 0 fully saturated rings. The van der Waals surface area contributed by atoms with Crippen molar-refractivity contribution < 1.29 is 26.7 Å². The number of rotatable bonds is 11. The molecule has 0 aliphatic rings. The van der Waals surface area contributed by atoms with Crippen LogP contribution in [0.3, 0.4) is 0 Å². The molecule has 1 amide bonds. The van der Waals surface area contributed by atoms with E-state index in [1.165, 1.54) is 0 Å². The number of halogens is 5. The number of carbonyl (C=O) groups excluding carboxylic acids is 1. The average Bonchev–Trinajstić information content (AvgIpc) is 2.38. The van der Waals surface area contributed by atoms with Crippen LogP contribution in [0.4, 0.5) is 22.0 Å². The van der Waals surface area contributed by atoms with Crippen molar-refractivity contribution in [1.29, 1.82) is 0 Å². The van der Waals surface area contributed by atoms with Crippen LogP contribution in [0, 0.1) is 0 Å². The first-order chi connectivity index (χ1) is 10.0. The SMILES string of the molecule is C=C(NCCNCCNCCNC(=O)C(C)(F)F)C(F)(F)F. The fourth-order valence-corrected chi connectivity index (χ4v) is 1.25. The number of hydrogen-bond donors (Lipinski definition) is 4. The molecule has 0 spiro atoms. The van der Waals surface area contributed by atoms with Crippen molar-refractivity contribution in [1.82, 2.24) is 21.3 Å². The molecule has 0 rings (SSSR count). The lowest BCUT2D eigenvalue weighted by molar-refractivity contribution is -0.142. The summed E-state index contributed by atoms with van der Waals surface area (Å²) in [5.74, 6) is -4.72. The number of alkyl halides is 5. The first kappa shape index (κ1) is 20.6. The van der Waals surface area contributed by atoms with Crippen LogP contribution in [0.1, 0.15) is 6.92 Å². The van der Waals surface area contributed by atoms with Gasteiger partial charge in [0.05, 0.1) is 0 Å². The molecule has 0 aromatic rings. The molecule has 0 saturated heterocycles. The maximum atomic E-state index is 12.5. The van der Waals surface area contributed by atoms with Gasteiger partial charge in [-0.25, -0.2) is 0 Å². The highest BCUT2D eigenvalue weighted by atomic mass is 19.4. The molecule has 0 aliphatic carbocycles. The molecule has 0 aromatic heterocycles. The molecule has 0 bridgehead atoms. The van der Waals surface area contributed by atoms with Gasteiger partial charge < -0.3 is 21.3 Å². The van der Waals surface area contributed by atoms with Crippen molar-refractivity contribution in [2.75, 3.05) is 39.3 Å². The van der Waals surface area contributed by atoms with Crippen molar-refractivity contribution in [2.45, 2.75) is 19.0 Å². The second-order valence-electron chi connectivity index (χ2n) is 4.55. The second-order valence-corrected chi connectivity index (χ2v) is 4.55. The summed E-state index contributed by atoms with van der Waals surface area (Å²) in [5.41, 5.74) is -0.990. The van der Waals surface area contributed by atoms with Crippen LogP contribution in [0.2, 0.25) is 0 Å². The lowest BCUT2D eigenvalue weighted by Gasteiger charge is -2.13. The Morgan fingerprint density at radius 2 is 1.27 bits per heavy atom. The highest BCUT2D eigenvalue weighted by Gasteiger charge is 2.32. The molecule has 0 unspecified atom stereocenters. The standard InChI is InChI=1S/C12H21F5N4O/c1-9(12(15,16)17)20-7-5-18-3-4-19-6-8-21-10(22)11(2,13)14/h18-20H,1,3-8H2,2H3,(H,21,22). The Morgan fingerprint density at radius 3 is 1.68 bits per heavy atom. The van der Waals surface area contributed by atoms with E-state index in [0.29, 0.717) is 33.1 Å². The molecular formula is C12H21F5N4O. The van der Waals surface area contributed by atoms with Crippen LogP contribution in [0.15, 0.2) is 12.3 Å². The van der Waals surface area contributed by atoms with Crippen molar-refractivity contribution in [2.24, 2.45) is 0 Å². The minimum absolute atomic E-state index is 0.0647. The molecule has 0 aliphatic heterocycles. The largest absolute Gasteiger partial charge is 0.430 e. The zero-order chi connectivity index (χ0) is 17.2. The molecule has 0 heterocycles. The maximum Gasteiger partial charge on any atom is 0.430 e. The van der Waals surface area contributed by atoms with E-state index < -0.39 is 23.7 Å². The van der Waals surface area contributed by atoms with E-state index in [1.807, 2.05) is 0 Å². The summed E-state index contributed by atoms with van der Waals surface area (Å²) in [6.07, 6.45) is -4.44. The summed E-state index contributed by atoms with van der Waals surface area (Å²) in [6, 6.07) is 0. The average molecular weight is 332 g/mol. The first-order valence-corrected chi connectivity index (χ1v) is 6.62. The number of amides is 1. The minimum atomic E-state index is -4.44. The maximum absolute atomic E-state index is 12.5. The third-order valence-electron chi connectivity index (χ3n) is 2.45. The van der Waals surface area contributed by atoms with Gasteiger partial charge in [0.15, 0.2) is 0 Å². The van der Waals surface area contributed by atoms with Gasteiger partial charge in [0.2, 0.25) is 0 Å². The van der Waals surface area contributed by atoms with Crippen LogP contribution in [-0.4, -0.2) is 57.3 Å². The normalized spacial score (nSPS) is 12.1. The van der Waals surface area contributed by atoms with Gasteiger partial charge in [-0.15, -0.1) is 0 Å². The van der Waals surface area contributed by atoms with Gasteiger partial charge in [0, 0.05) is 46.2 Å². The Hall–Kier alpha value is -1.42. The molecule has 0 atom stereocenters. The molecule has 130 valence electrons. The Bertz CT molecular complexity index is 320. The molecule has 0 aromatic carbocycles. The second kappa shape index (κ2) is 9.57. The monoisotopic (exact) mass is 332 g/mol. The van der Waals surface area contributed by atoms with E-state index in [4.69, 9.17) is 0 Å². The molecule has 10 heteroatoms. The zero-order valence-electron chi connectivity index (χ0n) is 12.2. The predicted molar refractivity (Wildman–Crippen MR) is 72.6 cm³/mol. The molecule has 0 saturated carbocycles. The molecule has 22 heavy (non-hydrogen) atoms.